The first-order valence-corrected chi connectivity index (χ1v) is 13.6. The van der Waals surface area contributed by atoms with Crippen molar-refractivity contribution < 1.29 is 18.7 Å². The number of carbonyl (C=O) groups is 1. The smallest absolute Gasteiger partial charge is 0.239 e. The van der Waals surface area contributed by atoms with Gasteiger partial charge in [0.1, 0.15) is 4.60 Å². The standard InChI is InChI=1S/C27H30BrF2N7O2/c1-26(2,39)11-16-10-18(9-15-5-4-8-32-21(15)16)37-23-19(22(28)36-37)14-33-25(35-23)34-17-6-7-27(12-17,13-20(29)30)24(38)31-3/h4-5,8-10,14,17,20,39H,6-7,11-13H2,1-3H3,(H,31,38)(H,33,34,35)/t17-,27-/m1/s1. The normalized spacial score (nSPS) is 19.7. The van der Waals surface area contributed by atoms with Gasteiger partial charge in [-0.3, -0.25) is 9.78 Å². The SMILES string of the molecule is CNC(=O)[C@]1(CC(F)F)CC[C@@H](Nc2ncc3c(Br)nn(-c4cc(CC(C)(C)O)c5ncccc5c4)c3n2)C1. The molecule has 0 spiro atoms. The zero-order valence-electron chi connectivity index (χ0n) is 21.9. The first-order valence-electron chi connectivity index (χ1n) is 12.8. The highest BCUT2D eigenvalue weighted by Gasteiger charge is 2.46. The molecule has 3 aromatic heterocycles. The average Bonchev–Trinajstić information content (AvgIpc) is 3.43. The molecule has 5 rings (SSSR count). The number of nitrogens with zero attached hydrogens (tertiary/aromatic N) is 5. The summed E-state index contributed by atoms with van der Waals surface area (Å²) >= 11 is 3.51. The van der Waals surface area contributed by atoms with Crippen LogP contribution < -0.4 is 10.6 Å². The van der Waals surface area contributed by atoms with Gasteiger partial charge >= 0.3 is 0 Å². The second kappa shape index (κ2) is 10.4. The second-order valence-electron chi connectivity index (χ2n) is 10.8. The van der Waals surface area contributed by atoms with E-state index in [1.54, 1.807) is 30.9 Å². The Balaban J connectivity index is 1.50. The largest absolute Gasteiger partial charge is 0.390 e. The Morgan fingerprint density at radius 2 is 2.13 bits per heavy atom. The summed E-state index contributed by atoms with van der Waals surface area (Å²) in [5, 5.41) is 22.6. The molecule has 1 aliphatic rings. The number of alkyl halides is 2. The van der Waals surface area contributed by atoms with Gasteiger partial charge in [0.2, 0.25) is 18.3 Å². The molecule has 4 aromatic rings. The van der Waals surface area contributed by atoms with Gasteiger partial charge in [-0.05, 0) is 72.8 Å². The number of aromatic nitrogens is 5. The lowest BCUT2D eigenvalue weighted by Crippen LogP contribution is -2.39. The highest BCUT2D eigenvalue weighted by Crippen LogP contribution is 2.44. The van der Waals surface area contributed by atoms with Crippen LogP contribution in [0.25, 0.3) is 27.6 Å². The molecule has 9 nitrogen and oxygen atoms in total. The summed E-state index contributed by atoms with van der Waals surface area (Å²) in [4.78, 5) is 26.2. The van der Waals surface area contributed by atoms with Gasteiger partial charge < -0.3 is 15.7 Å². The van der Waals surface area contributed by atoms with Crippen LogP contribution in [0, 0.1) is 5.41 Å². The van der Waals surface area contributed by atoms with E-state index in [0.717, 1.165) is 22.2 Å². The van der Waals surface area contributed by atoms with Crippen molar-refractivity contribution in [3.63, 3.8) is 0 Å². The van der Waals surface area contributed by atoms with E-state index in [4.69, 9.17) is 4.98 Å². The van der Waals surface area contributed by atoms with Crippen LogP contribution in [0.1, 0.15) is 45.1 Å². The van der Waals surface area contributed by atoms with Gasteiger partial charge in [0.05, 0.1) is 27.6 Å². The Morgan fingerprint density at radius 3 is 2.85 bits per heavy atom. The van der Waals surface area contributed by atoms with Crippen molar-refractivity contribution >= 4 is 49.7 Å². The van der Waals surface area contributed by atoms with E-state index < -0.39 is 23.9 Å². The van der Waals surface area contributed by atoms with Gasteiger partial charge in [-0.1, -0.05) is 6.07 Å². The van der Waals surface area contributed by atoms with Crippen LogP contribution in [0.2, 0.25) is 0 Å². The molecule has 0 aliphatic heterocycles. The average molecular weight is 602 g/mol. The van der Waals surface area contributed by atoms with Crippen molar-refractivity contribution in [1.29, 1.82) is 0 Å². The van der Waals surface area contributed by atoms with E-state index in [9.17, 15) is 18.7 Å². The number of hydrogen-bond acceptors (Lipinski definition) is 7. The van der Waals surface area contributed by atoms with E-state index in [0.29, 0.717) is 40.8 Å². The lowest BCUT2D eigenvalue weighted by molar-refractivity contribution is -0.132. The number of anilines is 1. The number of nitrogens with one attached hydrogen (secondary N) is 2. The highest BCUT2D eigenvalue weighted by molar-refractivity contribution is 9.10. The molecule has 3 N–H and O–H groups in total. The topological polar surface area (TPSA) is 118 Å². The van der Waals surface area contributed by atoms with Gasteiger partial charge in [0, 0.05) is 43.7 Å². The minimum Gasteiger partial charge on any atom is -0.390 e. The summed E-state index contributed by atoms with van der Waals surface area (Å²) in [7, 11) is 1.47. The molecule has 2 atom stereocenters. The number of fused-ring (bicyclic) bond motifs is 2. The number of aliphatic hydroxyl groups is 1. The summed E-state index contributed by atoms with van der Waals surface area (Å²) < 4.78 is 28.9. The maximum Gasteiger partial charge on any atom is 0.239 e. The van der Waals surface area contributed by atoms with Crippen LogP contribution >= 0.6 is 15.9 Å². The van der Waals surface area contributed by atoms with E-state index in [1.807, 2.05) is 24.3 Å². The zero-order chi connectivity index (χ0) is 27.9. The number of pyridine rings is 1. The molecule has 0 unspecified atom stereocenters. The van der Waals surface area contributed by atoms with Crippen molar-refractivity contribution in [2.45, 2.75) is 64.0 Å². The summed E-state index contributed by atoms with van der Waals surface area (Å²) in [5.41, 5.74) is 0.904. The molecule has 1 fully saturated rings. The molecule has 1 aromatic carbocycles. The number of halogens is 3. The van der Waals surface area contributed by atoms with Crippen LogP contribution in [0.15, 0.2) is 41.3 Å². The number of carbonyl (C=O) groups excluding carboxylic acids is 1. The molecule has 1 saturated carbocycles. The molecule has 0 radical (unpaired) electrons. The molecule has 0 saturated heterocycles. The maximum absolute atomic E-state index is 13.3. The molecule has 39 heavy (non-hydrogen) atoms. The predicted molar refractivity (Wildman–Crippen MR) is 148 cm³/mol. The first kappa shape index (κ1) is 27.3. The molecule has 206 valence electrons. The fourth-order valence-electron chi connectivity index (χ4n) is 5.57. The molecular weight excluding hydrogens is 572 g/mol. The molecule has 1 amide bonds. The minimum atomic E-state index is -2.57. The number of hydrogen-bond donors (Lipinski definition) is 3. The van der Waals surface area contributed by atoms with E-state index in [-0.39, 0.29) is 18.4 Å². The maximum atomic E-state index is 13.3. The van der Waals surface area contributed by atoms with Crippen LogP contribution in [-0.4, -0.2) is 60.9 Å². The summed E-state index contributed by atoms with van der Waals surface area (Å²) in [6.45, 7) is 3.51. The Kier molecular flexibility index (Phi) is 7.27. The fraction of sp³-hybridized carbons (Fsp3) is 0.444. The highest BCUT2D eigenvalue weighted by atomic mass is 79.9. The van der Waals surface area contributed by atoms with Crippen molar-refractivity contribution in [1.82, 2.24) is 30.0 Å². The van der Waals surface area contributed by atoms with E-state index in [1.165, 1.54) is 7.05 Å². The monoisotopic (exact) mass is 601 g/mol. The third-order valence-corrected chi connectivity index (χ3v) is 7.80. The molecule has 3 heterocycles. The van der Waals surface area contributed by atoms with Gasteiger partial charge in [-0.25, -0.2) is 18.4 Å². The lowest BCUT2D eigenvalue weighted by Gasteiger charge is -2.27. The number of amides is 1. The van der Waals surface area contributed by atoms with Crippen molar-refractivity contribution in [3.8, 4) is 5.69 Å². The molecule has 0 bridgehead atoms. The van der Waals surface area contributed by atoms with Gasteiger partial charge in [-0.2, -0.15) is 10.1 Å². The summed E-state index contributed by atoms with van der Waals surface area (Å²) in [5.74, 6) is -0.0387. The summed E-state index contributed by atoms with van der Waals surface area (Å²) in [6.07, 6.45) is 1.89. The van der Waals surface area contributed by atoms with Crippen LogP contribution in [0.4, 0.5) is 14.7 Å². The van der Waals surface area contributed by atoms with E-state index >= 15 is 0 Å². The molecule has 1 aliphatic carbocycles. The van der Waals surface area contributed by atoms with Crippen LogP contribution in [0.5, 0.6) is 0 Å². The number of benzene rings is 1. The predicted octanol–water partition coefficient (Wildman–Crippen LogP) is 4.79. The molecular formula is C27H30BrF2N7O2. The van der Waals surface area contributed by atoms with E-state index in [2.05, 4.69) is 41.6 Å². The van der Waals surface area contributed by atoms with Crippen molar-refractivity contribution in [2.75, 3.05) is 12.4 Å². The minimum absolute atomic E-state index is 0.233. The molecule has 12 heteroatoms. The third-order valence-electron chi connectivity index (χ3n) is 7.21. The first-order chi connectivity index (χ1) is 18.5. The van der Waals surface area contributed by atoms with Gasteiger partial charge in [-0.15, -0.1) is 0 Å². The zero-order valence-corrected chi connectivity index (χ0v) is 23.5. The van der Waals surface area contributed by atoms with Crippen LogP contribution in [-0.2, 0) is 11.2 Å². The second-order valence-corrected chi connectivity index (χ2v) is 11.6. The third kappa shape index (κ3) is 5.58. The van der Waals surface area contributed by atoms with Gasteiger partial charge in [0.25, 0.3) is 0 Å². The Bertz CT molecular complexity index is 1540. The Morgan fingerprint density at radius 1 is 1.33 bits per heavy atom. The van der Waals surface area contributed by atoms with Crippen molar-refractivity contribution in [2.24, 2.45) is 5.41 Å². The lowest BCUT2D eigenvalue weighted by atomic mass is 9.81. The Labute approximate surface area is 232 Å². The Hall–Kier alpha value is -3.25. The fourth-order valence-corrected chi connectivity index (χ4v) is 6.01. The van der Waals surface area contributed by atoms with Crippen LogP contribution in [0.3, 0.4) is 0 Å². The van der Waals surface area contributed by atoms with Gasteiger partial charge in [0.15, 0.2) is 5.65 Å². The summed E-state index contributed by atoms with van der Waals surface area (Å²) in [6, 6.07) is 7.49. The number of rotatable bonds is 8. The van der Waals surface area contributed by atoms with Crippen molar-refractivity contribution in [3.05, 3.63) is 46.8 Å². The quantitative estimate of drug-likeness (QED) is 0.266.